The SMILES string of the molecule is CS(O)(O)Cc1ccccc1. The lowest BCUT2D eigenvalue weighted by atomic mass is 10.2. The van der Waals surface area contributed by atoms with Crippen LogP contribution in [0.5, 0.6) is 0 Å². The second kappa shape index (κ2) is 3.26. The Morgan fingerprint density at radius 1 is 1.18 bits per heavy atom. The van der Waals surface area contributed by atoms with Crippen LogP contribution in [0.1, 0.15) is 5.56 Å². The molecule has 0 atom stereocenters. The van der Waals surface area contributed by atoms with Crippen molar-refractivity contribution < 1.29 is 9.11 Å². The van der Waals surface area contributed by atoms with Crippen molar-refractivity contribution in [3.8, 4) is 0 Å². The molecule has 1 aromatic rings. The molecule has 0 aliphatic rings. The molecule has 0 heterocycles. The minimum absolute atomic E-state index is 0.355. The van der Waals surface area contributed by atoms with E-state index in [1.165, 1.54) is 6.26 Å². The summed E-state index contributed by atoms with van der Waals surface area (Å²) >= 11 is 0. The van der Waals surface area contributed by atoms with Crippen LogP contribution in [0, 0.1) is 0 Å². The first kappa shape index (κ1) is 8.59. The highest BCUT2D eigenvalue weighted by Gasteiger charge is 2.03. The molecule has 0 amide bonds. The van der Waals surface area contributed by atoms with Gasteiger partial charge in [-0.05, 0) is 5.56 Å². The van der Waals surface area contributed by atoms with E-state index in [-0.39, 0.29) is 0 Å². The third kappa shape index (κ3) is 3.41. The molecule has 62 valence electrons. The molecule has 0 fully saturated rings. The fourth-order valence-corrected chi connectivity index (χ4v) is 1.71. The summed E-state index contributed by atoms with van der Waals surface area (Å²) in [6, 6.07) is 9.46. The van der Waals surface area contributed by atoms with Crippen LogP contribution in [0.2, 0.25) is 0 Å². The molecule has 0 aliphatic heterocycles. The molecule has 1 rings (SSSR count). The van der Waals surface area contributed by atoms with E-state index in [2.05, 4.69) is 0 Å². The maximum Gasteiger partial charge on any atom is 0.0621 e. The monoisotopic (exact) mass is 172 g/mol. The Morgan fingerprint density at radius 3 is 2.18 bits per heavy atom. The van der Waals surface area contributed by atoms with Gasteiger partial charge in [0.1, 0.15) is 0 Å². The molecule has 0 bridgehead atoms. The minimum Gasteiger partial charge on any atom is -0.299 e. The van der Waals surface area contributed by atoms with Gasteiger partial charge in [0.15, 0.2) is 0 Å². The molecule has 0 saturated carbocycles. The minimum atomic E-state index is -2.38. The second-order valence-corrected chi connectivity index (χ2v) is 4.90. The molecule has 1 aromatic carbocycles. The van der Waals surface area contributed by atoms with Crippen LogP contribution < -0.4 is 0 Å². The van der Waals surface area contributed by atoms with Gasteiger partial charge in [-0.25, -0.2) is 0 Å². The van der Waals surface area contributed by atoms with Crippen molar-refractivity contribution in [1.82, 2.24) is 0 Å². The summed E-state index contributed by atoms with van der Waals surface area (Å²) in [5.74, 6) is 0.355. The van der Waals surface area contributed by atoms with Crippen LogP contribution in [0.25, 0.3) is 0 Å². The standard InChI is InChI=1S/C8H12O2S/c1-11(9,10)7-8-5-3-2-4-6-8/h2-6,9-10H,7H2,1H3. The fraction of sp³-hybridized carbons (Fsp3) is 0.250. The maximum absolute atomic E-state index is 9.11. The normalized spacial score (nSPS) is 13.0. The molecule has 3 heteroatoms. The third-order valence-electron chi connectivity index (χ3n) is 1.28. The smallest absolute Gasteiger partial charge is 0.0621 e. The predicted molar refractivity (Wildman–Crippen MR) is 48.9 cm³/mol. The average Bonchev–Trinajstić information content (AvgIpc) is 1.85. The van der Waals surface area contributed by atoms with Gasteiger partial charge in [-0.3, -0.25) is 9.11 Å². The zero-order valence-electron chi connectivity index (χ0n) is 6.40. The largest absolute Gasteiger partial charge is 0.299 e. The van der Waals surface area contributed by atoms with E-state index < -0.39 is 10.6 Å². The van der Waals surface area contributed by atoms with Gasteiger partial charge < -0.3 is 0 Å². The van der Waals surface area contributed by atoms with Crippen LogP contribution in [0.3, 0.4) is 0 Å². The lowest BCUT2D eigenvalue weighted by Gasteiger charge is -2.26. The molecule has 0 spiro atoms. The summed E-state index contributed by atoms with van der Waals surface area (Å²) in [6.45, 7) is 0. The van der Waals surface area contributed by atoms with Crippen molar-refractivity contribution in [3.63, 3.8) is 0 Å². The molecule has 11 heavy (non-hydrogen) atoms. The summed E-state index contributed by atoms with van der Waals surface area (Å²) in [5, 5.41) is 0. The van der Waals surface area contributed by atoms with Crippen molar-refractivity contribution >= 4 is 10.6 Å². The van der Waals surface area contributed by atoms with Gasteiger partial charge in [0.25, 0.3) is 0 Å². The first-order valence-electron chi connectivity index (χ1n) is 3.33. The van der Waals surface area contributed by atoms with Gasteiger partial charge >= 0.3 is 0 Å². The number of rotatable bonds is 2. The molecular formula is C8H12O2S. The summed E-state index contributed by atoms with van der Waals surface area (Å²) in [5.41, 5.74) is 0.968. The van der Waals surface area contributed by atoms with Crippen LogP contribution in [-0.4, -0.2) is 15.4 Å². The van der Waals surface area contributed by atoms with Gasteiger partial charge in [-0.15, -0.1) is 0 Å². The Bertz CT molecular complexity index is 215. The van der Waals surface area contributed by atoms with E-state index in [4.69, 9.17) is 9.11 Å². The quantitative estimate of drug-likeness (QED) is 0.719. The van der Waals surface area contributed by atoms with Crippen LogP contribution in [0.15, 0.2) is 30.3 Å². The first-order valence-corrected chi connectivity index (χ1v) is 5.45. The number of hydrogen-bond donors (Lipinski definition) is 2. The van der Waals surface area contributed by atoms with Crippen LogP contribution in [-0.2, 0) is 5.75 Å². The molecule has 0 radical (unpaired) electrons. The third-order valence-corrected chi connectivity index (χ3v) is 2.16. The number of hydrogen-bond acceptors (Lipinski definition) is 2. The number of benzene rings is 1. The molecular weight excluding hydrogens is 160 g/mol. The molecule has 0 unspecified atom stereocenters. The van der Waals surface area contributed by atoms with E-state index >= 15 is 0 Å². The summed E-state index contributed by atoms with van der Waals surface area (Å²) in [7, 11) is -2.38. The van der Waals surface area contributed by atoms with E-state index in [0.717, 1.165) is 5.56 Å². The Balaban J connectivity index is 2.66. The highest BCUT2D eigenvalue weighted by Crippen LogP contribution is 2.37. The summed E-state index contributed by atoms with van der Waals surface area (Å²) < 4.78 is 18.2. The van der Waals surface area contributed by atoms with E-state index in [1.807, 2.05) is 30.3 Å². The topological polar surface area (TPSA) is 40.5 Å². The summed E-state index contributed by atoms with van der Waals surface area (Å²) in [6.07, 6.45) is 1.46. The predicted octanol–water partition coefficient (Wildman–Crippen LogP) is 2.57. The Morgan fingerprint density at radius 2 is 1.73 bits per heavy atom. The van der Waals surface area contributed by atoms with Crippen LogP contribution in [0.4, 0.5) is 0 Å². The van der Waals surface area contributed by atoms with Gasteiger partial charge in [0.2, 0.25) is 0 Å². The zero-order chi connectivity index (χ0) is 8.32. The zero-order valence-corrected chi connectivity index (χ0v) is 7.21. The van der Waals surface area contributed by atoms with Gasteiger partial charge in [-0.2, -0.15) is 10.6 Å². The van der Waals surface area contributed by atoms with E-state index in [9.17, 15) is 0 Å². The molecule has 2 N–H and O–H groups in total. The van der Waals surface area contributed by atoms with Crippen LogP contribution >= 0.6 is 10.6 Å². The highest BCUT2D eigenvalue weighted by atomic mass is 32.3. The van der Waals surface area contributed by atoms with E-state index in [0.29, 0.717) is 5.75 Å². The van der Waals surface area contributed by atoms with Gasteiger partial charge in [0.05, 0.1) is 5.75 Å². The van der Waals surface area contributed by atoms with E-state index in [1.54, 1.807) is 0 Å². The van der Waals surface area contributed by atoms with Crippen molar-refractivity contribution in [2.45, 2.75) is 5.75 Å². The maximum atomic E-state index is 9.11. The second-order valence-electron chi connectivity index (χ2n) is 2.62. The Hall–Kier alpha value is -0.510. The van der Waals surface area contributed by atoms with Crippen molar-refractivity contribution in [2.75, 3.05) is 6.26 Å². The fourth-order valence-electron chi connectivity index (χ4n) is 0.890. The van der Waals surface area contributed by atoms with Crippen molar-refractivity contribution in [1.29, 1.82) is 0 Å². The van der Waals surface area contributed by atoms with Crippen molar-refractivity contribution in [2.24, 2.45) is 0 Å². The Kier molecular flexibility index (Phi) is 2.54. The highest BCUT2D eigenvalue weighted by molar-refractivity contribution is 8.23. The van der Waals surface area contributed by atoms with Gasteiger partial charge in [0, 0.05) is 6.26 Å². The van der Waals surface area contributed by atoms with Crippen molar-refractivity contribution in [3.05, 3.63) is 35.9 Å². The molecule has 2 nitrogen and oxygen atoms in total. The summed E-state index contributed by atoms with van der Waals surface area (Å²) in [4.78, 5) is 0. The lowest BCUT2D eigenvalue weighted by Crippen LogP contribution is -1.97. The van der Waals surface area contributed by atoms with Gasteiger partial charge in [-0.1, -0.05) is 30.3 Å². The molecule has 0 aliphatic carbocycles. The molecule has 0 aromatic heterocycles. The lowest BCUT2D eigenvalue weighted by molar-refractivity contribution is 0.494. The molecule has 0 saturated heterocycles. The average molecular weight is 172 g/mol. The first-order chi connectivity index (χ1) is 5.08. The Labute approximate surface area is 68.2 Å².